The number of aromatic nitrogens is 3. The van der Waals surface area contributed by atoms with Crippen LogP contribution in [0.3, 0.4) is 0 Å². The van der Waals surface area contributed by atoms with Crippen molar-refractivity contribution in [3.8, 4) is 17.0 Å². The highest BCUT2D eigenvalue weighted by atomic mass is 32.2. The minimum Gasteiger partial charge on any atom is -0.487 e. The van der Waals surface area contributed by atoms with Crippen LogP contribution >= 0.6 is 0 Å². The Balaban J connectivity index is 1.76. The molecule has 0 radical (unpaired) electrons. The Bertz CT molecular complexity index is 1310. The van der Waals surface area contributed by atoms with Gasteiger partial charge in [-0.05, 0) is 29.8 Å². The van der Waals surface area contributed by atoms with Crippen LogP contribution < -0.4 is 20.9 Å². The molecule has 2 aromatic carbocycles. The number of pyridine rings is 1. The lowest BCUT2D eigenvalue weighted by Gasteiger charge is -2.14. The number of fused-ring (bicyclic) bond motifs is 1. The number of nitrogens with two attached hydrogens (primary N) is 2. The maximum Gasteiger partial charge on any atom is 0.144 e. The lowest BCUT2D eigenvalue weighted by atomic mass is 10.1. The second kappa shape index (κ2) is 8.83. The van der Waals surface area contributed by atoms with E-state index in [9.17, 15) is 8.60 Å². The van der Waals surface area contributed by atoms with Crippen molar-refractivity contribution in [3.63, 3.8) is 0 Å². The number of ether oxygens (including phenoxy) is 1. The van der Waals surface area contributed by atoms with Crippen molar-refractivity contribution in [3.05, 3.63) is 60.0 Å². The molecule has 0 saturated carbocycles. The van der Waals surface area contributed by atoms with Crippen LogP contribution in [-0.4, -0.2) is 24.7 Å². The minimum atomic E-state index is -1.26. The average molecular weight is 455 g/mol. The SMILES string of the molecule is CCS(=O)Nc1ccc(-c2nn(C)c3c(N)cnc(N)c23)cc1OCc1ccc(F)cc1. The van der Waals surface area contributed by atoms with Gasteiger partial charge in [-0.3, -0.25) is 4.68 Å². The van der Waals surface area contributed by atoms with Crippen LogP contribution in [0, 0.1) is 5.82 Å². The fourth-order valence-corrected chi connectivity index (χ4v) is 3.93. The molecule has 0 saturated heterocycles. The van der Waals surface area contributed by atoms with Crippen LogP contribution in [0.15, 0.2) is 48.7 Å². The number of nitrogens with zero attached hydrogens (tertiary/aromatic N) is 3. The molecule has 0 spiro atoms. The predicted molar refractivity (Wildman–Crippen MR) is 126 cm³/mol. The summed E-state index contributed by atoms with van der Waals surface area (Å²) in [4.78, 5) is 4.16. The van der Waals surface area contributed by atoms with Crippen LogP contribution in [0.4, 0.5) is 21.6 Å². The Kier molecular flexibility index (Phi) is 5.95. The van der Waals surface area contributed by atoms with Gasteiger partial charge in [-0.15, -0.1) is 0 Å². The monoisotopic (exact) mass is 454 g/mol. The standard InChI is InChI=1S/C22H23FN6O2S/c1-3-32(30)28-17-9-6-14(10-18(17)31-12-13-4-7-15(23)8-5-13)20-19-21(29(2)27-20)16(24)11-26-22(19)25/h4-11,28H,3,12,24H2,1-2H3,(H2,25,26). The summed E-state index contributed by atoms with van der Waals surface area (Å²) in [6.45, 7) is 2.02. The van der Waals surface area contributed by atoms with Gasteiger partial charge in [-0.25, -0.2) is 13.6 Å². The number of benzene rings is 2. The fraction of sp³-hybridized carbons (Fsp3) is 0.182. The van der Waals surface area contributed by atoms with E-state index in [1.165, 1.54) is 18.3 Å². The summed E-state index contributed by atoms with van der Waals surface area (Å²) in [6.07, 6.45) is 1.51. The number of nitrogen functional groups attached to an aromatic ring is 2. The number of hydrogen-bond acceptors (Lipinski definition) is 6. The molecule has 0 fully saturated rings. The third kappa shape index (κ3) is 4.22. The van der Waals surface area contributed by atoms with Gasteiger partial charge in [-0.2, -0.15) is 5.10 Å². The Morgan fingerprint density at radius 3 is 2.66 bits per heavy atom. The van der Waals surface area contributed by atoms with E-state index >= 15 is 0 Å². The van der Waals surface area contributed by atoms with Gasteiger partial charge in [0.2, 0.25) is 0 Å². The average Bonchev–Trinajstić information content (AvgIpc) is 3.15. The molecular formula is C22H23FN6O2S. The normalized spacial score (nSPS) is 12.1. The smallest absolute Gasteiger partial charge is 0.144 e. The van der Waals surface area contributed by atoms with Gasteiger partial charge in [0.25, 0.3) is 0 Å². The van der Waals surface area contributed by atoms with Crippen molar-refractivity contribution in [1.29, 1.82) is 0 Å². The number of anilines is 3. The maximum atomic E-state index is 13.2. The quantitative estimate of drug-likeness (QED) is 0.392. The summed E-state index contributed by atoms with van der Waals surface area (Å²) in [5, 5.41) is 5.24. The van der Waals surface area contributed by atoms with E-state index in [1.807, 2.05) is 13.0 Å². The number of hydrogen-bond donors (Lipinski definition) is 3. The Hall–Kier alpha value is -3.66. The number of aryl methyl sites for hydroxylation is 1. The topological polar surface area (TPSA) is 121 Å². The summed E-state index contributed by atoms with van der Waals surface area (Å²) >= 11 is 0. The van der Waals surface area contributed by atoms with Gasteiger partial charge in [0, 0.05) is 18.4 Å². The summed E-state index contributed by atoms with van der Waals surface area (Å²) in [6, 6.07) is 11.5. The molecule has 32 heavy (non-hydrogen) atoms. The first kappa shape index (κ1) is 21.6. The summed E-state index contributed by atoms with van der Waals surface area (Å²) in [5.74, 6) is 0.915. The van der Waals surface area contributed by atoms with Crippen molar-refractivity contribution in [1.82, 2.24) is 14.8 Å². The summed E-state index contributed by atoms with van der Waals surface area (Å²) in [5.41, 5.74) is 16.1. The number of halogens is 1. The van der Waals surface area contributed by atoms with Crippen LogP contribution in [-0.2, 0) is 24.6 Å². The molecule has 0 aliphatic rings. The van der Waals surface area contributed by atoms with Gasteiger partial charge < -0.3 is 20.9 Å². The molecule has 0 aliphatic carbocycles. The molecule has 5 N–H and O–H groups in total. The molecule has 8 nitrogen and oxygen atoms in total. The highest BCUT2D eigenvalue weighted by Crippen LogP contribution is 2.37. The number of nitrogens with one attached hydrogen (secondary N) is 1. The van der Waals surface area contributed by atoms with E-state index < -0.39 is 11.0 Å². The van der Waals surface area contributed by atoms with Gasteiger partial charge in [-0.1, -0.05) is 25.1 Å². The Morgan fingerprint density at radius 2 is 1.94 bits per heavy atom. The lowest BCUT2D eigenvalue weighted by molar-refractivity contribution is 0.308. The fourth-order valence-electron chi connectivity index (χ4n) is 3.37. The van der Waals surface area contributed by atoms with E-state index in [0.29, 0.717) is 45.3 Å². The lowest BCUT2D eigenvalue weighted by Crippen LogP contribution is -2.08. The molecule has 0 bridgehead atoms. The molecular weight excluding hydrogens is 431 g/mol. The van der Waals surface area contributed by atoms with Crippen molar-refractivity contribution in [2.75, 3.05) is 21.9 Å². The maximum absolute atomic E-state index is 13.2. The molecule has 2 aromatic heterocycles. The molecule has 1 unspecified atom stereocenters. The molecule has 1 atom stereocenters. The summed E-state index contributed by atoms with van der Waals surface area (Å²) < 4.78 is 36.0. The van der Waals surface area contributed by atoms with E-state index in [2.05, 4.69) is 14.8 Å². The zero-order valence-corrected chi connectivity index (χ0v) is 18.4. The molecule has 2 heterocycles. The largest absolute Gasteiger partial charge is 0.487 e. The van der Waals surface area contributed by atoms with Crippen LogP contribution in [0.5, 0.6) is 5.75 Å². The third-order valence-corrected chi connectivity index (χ3v) is 5.94. The first-order valence-electron chi connectivity index (χ1n) is 9.90. The molecule has 10 heteroatoms. The van der Waals surface area contributed by atoms with Crippen molar-refractivity contribution in [2.45, 2.75) is 13.5 Å². The zero-order chi connectivity index (χ0) is 22.8. The number of rotatable bonds is 7. The summed E-state index contributed by atoms with van der Waals surface area (Å²) in [7, 11) is 0.524. The molecule has 0 amide bonds. The van der Waals surface area contributed by atoms with Gasteiger partial charge in [0.05, 0.1) is 28.5 Å². The van der Waals surface area contributed by atoms with Crippen molar-refractivity contribution < 1.29 is 13.3 Å². The zero-order valence-electron chi connectivity index (χ0n) is 17.6. The van der Waals surface area contributed by atoms with Crippen LogP contribution in [0.25, 0.3) is 22.2 Å². The van der Waals surface area contributed by atoms with Crippen molar-refractivity contribution >= 4 is 39.1 Å². The molecule has 4 rings (SSSR count). The highest BCUT2D eigenvalue weighted by Gasteiger charge is 2.18. The highest BCUT2D eigenvalue weighted by molar-refractivity contribution is 7.86. The van der Waals surface area contributed by atoms with Gasteiger partial charge >= 0.3 is 0 Å². The Labute approximate surface area is 187 Å². The third-order valence-electron chi connectivity index (χ3n) is 4.97. The molecule has 166 valence electrons. The second-order valence-electron chi connectivity index (χ2n) is 7.16. The first-order chi connectivity index (χ1) is 15.4. The Morgan fingerprint density at radius 1 is 1.19 bits per heavy atom. The van der Waals surface area contributed by atoms with E-state index in [4.69, 9.17) is 16.2 Å². The van der Waals surface area contributed by atoms with E-state index in [-0.39, 0.29) is 12.4 Å². The van der Waals surface area contributed by atoms with Gasteiger partial charge in [0.1, 0.15) is 40.7 Å². The first-order valence-corrected chi connectivity index (χ1v) is 11.2. The molecule has 0 aliphatic heterocycles. The van der Waals surface area contributed by atoms with E-state index in [0.717, 1.165) is 11.1 Å². The van der Waals surface area contributed by atoms with Crippen molar-refractivity contribution in [2.24, 2.45) is 7.05 Å². The second-order valence-corrected chi connectivity index (χ2v) is 8.63. The van der Waals surface area contributed by atoms with Crippen LogP contribution in [0.1, 0.15) is 12.5 Å². The van der Waals surface area contributed by atoms with Crippen LogP contribution in [0.2, 0.25) is 0 Å². The van der Waals surface area contributed by atoms with E-state index in [1.54, 1.807) is 36.0 Å². The molecule has 4 aromatic rings. The van der Waals surface area contributed by atoms with Gasteiger partial charge in [0.15, 0.2) is 0 Å². The predicted octanol–water partition coefficient (Wildman–Crippen LogP) is 3.61. The minimum absolute atomic E-state index is 0.205.